The molecule has 0 spiro atoms. The quantitative estimate of drug-likeness (QED) is 0.312. The van der Waals surface area contributed by atoms with Crippen molar-refractivity contribution in [3.8, 4) is 0 Å². The Hall–Kier alpha value is -0.870. The van der Waals surface area contributed by atoms with Gasteiger partial charge in [0.1, 0.15) is 0 Å². The van der Waals surface area contributed by atoms with Gasteiger partial charge in [0.05, 0.1) is 0 Å². The third-order valence-electron chi connectivity index (χ3n) is 4.17. The van der Waals surface area contributed by atoms with E-state index in [-0.39, 0.29) is 5.91 Å². The Labute approximate surface area is 149 Å². The average Bonchev–Trinajstić information content (AvgIpc) is 2.57. The molecule has 0 fully saturated rings. The molecule has 0 saturated heterocycles. The topological polar surface area (TPSA) is 52.6 Å². The number of nitrogens with one attached hydrogen (secondary N) is 1. The van der Waals surface area contributed by atoms with Crippen LogP contribution >= 0.6 is 0 Å². The zero-order valence-electron chi connectivity index (χ0n) is 16.1. The molecule has 0 aliphatic rings. The van der Waals surface area contributed by atoms with Crippen LogP contribution in [0.5, 0.6) is 0 Å². The number of hydrogen-bond donors (Lipinski definition) is 2. The molecule has 1 amide bonds. The van der Waals surface area contributed by atoms with Crippen molar-refractivity contribution in [2.24, 2.45) is 0 Å². The predicted molar refractivity (Wildman–Crippen MR) is 103 cm³/mol. The second-order valence-electron chi connectivity index (χ2n) is 6.65. The highest BCUT2D eigenvalue weighted by Crippen LogP contribution is 2.07. The Morgan fingerprint density at radius 1 is 0.958 bits per heavy atom. The summed E-state index contributed by atoms with van der Waals surface area (Å²) in [4.78, 5) is 14.0. The number of nitrogens with zero attached hydrogens (tertiary/aromatic N) is 1. The van der Waals surface area contributed by atoms with Crippen molar-refractivity contribution < 1.29 is 9.90 Å². The lowest BCUT2D eigenvalue weighted by Crippen LogP contribution is -2.33. The molecule has 0 aliphatic heterocycles. The van der Waals surface area contributed by atoms with E-state index in [2.05, 4.69) is 36.3 Å². The first-order valence-corrected chi connectivity index (χ1v) is 9.91. The number of aliphatic hydroxyl groups excluding tert-OH is 1. The number of amides is 1. The van der Waals surface area contributed by atoms with Gasteiger partial charge in [-0.2, -0.15) is 0 Å². The molecule has 0 aliphatic carbocycles. The van der Waals surface area contributed by atoms with Gasteiger partial charge >= 0.3 is 0 Å². The first-order chi connectivity index (χ1) is 11.7. The van der Waals surface area contributed by atoms with E-state index in [9.17, 15) is 4.79 Å². The fourth-order valence-electron chi connectivity index (χ4n) is 2.58. The number of carbonyl (C=O) groups is 1. The van der Waals surface area contributed by atoms with E-state index >= 15 is 0 Å². The fraction of sp³-hybridized carbons (Fsp3) is 0.850. The molecule has 0 bridgehead atoms. The van der Waals surface area contributed by atoms with Gasteiger partial charge in [-0.3, -0.25) is 4.79 Å². The van der Waals surface area contributed by atoms with E-state index in [1.165, 1.54) is 38.5 Å². The van der Waals surface area contributed by atoms with Gasteiger partial charge in [-0.25, -0.2) is 0 Å². The summed E-state index contributed by atoms with van der Waals surface area (Å²) in [5.41, 5.74) is 0. The van der Waals surface area contributed by atoms with Gasteiger partial charge in [0.15, 0.2) is 0 Å². The van der Waals surface area contributed by atoms with Crippen LogP contribution in [-0.2, 0) is 4.79 Å². The predicted octanol–water partition coefficient (Wildman–Crippen LogP) is 3.89. The molecule has 24 heavy (non-hydrogen) atoms. The highest BCUT2D eigenvalue weighted by atomic mass is 16.2. The Kier molecular flexibility index (Phi) is 17.8. The van der Waals surface area contributed by atoms with Crippen molar-refractivity contribution in [3.63, 3.8) is 0 Å². The Morgan fingerprint density at radius 2 is 1.58 bits per heavy atom. The largest absolute Gasteiger partial charge is 0.396 e. The number of hydrogen-bond acceptors (Lipinski definition) is 3. The van der Waals surface area contributed by atoms with E-state index in [0.29, 0.717) is 13.0 Å². The van der Waals surface area contributed by atoms with Crippen LogP contribution < -0.4 is 5.32 Å². The average molecular weight is 341 g/mol. The standard InChI is InChI=1S/C20H40N2O2/c1-3-4-5-9-12-15-20(24)21-16-18-22(2)17-13-10-7-6-8-11-14-19-23/h5,9,23H,3-4,6-8,10-19H2,1-2H3,(H,21,24)/b9-5+. The summed E-state index contributed by atoms with van der Waals surface area (Å²) in [6, 6.07) is 0. The van der Waals surface area contributed by atoms with Gasteiger partial charge in [0.25, 0.3) is 0 Å². The van der Waals surface area contributed by atoms with Crippen molar-refractivity contribution in [3.05, 3.63) is 12.2 Å². The van der Waals surface area contributed by atoms with E-state index in [1.54, 1.807) is 0 Å². The minimum Gasteiger partial charge on any atom is -0.396 e. The van der Waals surface area contributed by atoms with Crippen LogP contribution in [0.4, 0.5) is 0 Å². The minimum absolute atomic E-state index is 0.160. The minimum atomic E-state index is 0.160. The Bertz CT molecular complexity index is 306. The van der Waals surface area contributed by atoms with Crippen molar-refractivity contribution in [2.75, 3.05) is 33.3 Å². The summed E-state index contributed by atoms with van der Waals surface area (Å²) in [6.45, 7) is 5.26. The lowest BCUT2D eigenvalue weighted by Gasteiger charge is -2.16. The van der Waals surface area contributed by atoms with Gasteiger partial charge in [-0.1, -0.05) is 57.6 Å². The van der Waals surface area contributed by atoms with Crippen molar-refractivity contribution in [1.82, 2.24) is 10.2 Å². The second kappa shape index (κ2) is 18.5. The molecule has 0 radical (unpaired) electrons. The van der Waals surface area contributed by atoms with Crippen LogP contribution in [0.1, 0.15) is 77.6 Å². The molecular formula is C20H40N2O2. The smallest absolute Gasteiger partial charge is 0.220 e. The van der Waals surface area contributed by atoms with Crippen LogP contribution in [0.3, 0.4) is 0 Å². The maximum atomic E-state index is 11.7. The van der Waals surface area contributed by atoms with Crippen molar-refractivity contribution in [1.29, 1.82) is 0 Å². The summed E-state index contributed by atoms with van der Waals surface area (Å²) in [6.07, 6.45) is 16.4. The van der Waals surface area contributed by atoms with Gasteiger partial charge < -0.3 is 15.3 Å². The van der Waals surface area contributed by atoms with Gasteiger partial charge in [-0.05, 0) is 39.3 Å². The SMILES string of the molecule is CCC/C=C/CCC(=O)NCCN(C)CCCCCCCCCO. The molecule has 0 unspecified atom stereocenters. The third-order valence-corrected chi connectivity index (χ3v) is 4.17. The highest BCUT2D eigenvalue weighted by Gasteiger charge is 2.01. The number of aliphatic hydroxyl groups is 1. The first kappa shape index (κ1) is 23.1. The number of carbonyl (C=O) groups excluding carboxylic acids is 1. The summed E-state index contributed by atoms with van der Waals surface area (Å²) in [7, 11) is 2.13. The molecule has 0 heterocycles. The maximum absolute atomic E-state index is 11.7. The van der Waals surface area contributed by atoms with Crippen LogP contribution in [-0.4, -0.2) is 49.2 Å². The number of allylic oxidation sites excluding steroid dienone is 2. The summed E-state index contributed by atoms with van der Waals surface area (Å²) < 4.78 is 0. The van der Waals surface area contributed by atoms with E-state index in [0.717, 1.165) is 45.3 Å². The molecule has 142 valence electrons. The zero-order chi connectivity index (χ0) is 17.9. The van der Waals surface area contributed by atoms with Gasteiger partial charge in [-0.15, -0.1) is 0 Å². The van der Waals surface area contributed by atoms with Gasteiger partial charge in [0, 0.05) is 26.1 Å². The Balaban J connectivity index is 3.36. The van der Waals surface area contributed by atoms with Crippen LogP contribution in [0.15, 0.2) is 12.2 Å². The number of unbranched alkanes of at least 4 members (excludes halogenated alkanes) is 7. The van der Waals surface area contributed by atoms with E-state index in [4.69, 9.17) is 5.11 Å². The van der Waals surface area contributed by atoms with Crippen molar-refractivity contribution >= 4 is 5.91 Å². The molecule has 0 aromatic carbocycles. The zero-order valence-corrected chi connectivity index (χ0v) is 16.1. The van der Waals surface area contributed by atoms with E-state index < -0.39 is 0 Å². The van der Waals surface area contributed by atoms with Gasteiger partial charge in [0.2, 0.25) is 5.91 Å². The van der Waals surface area contributed by atoms with E-state index in [1.807, 2.05) is 0 Å². The monoisotopic (exact) mass is 340 g/mol. The normalized spacial score (nSPS) is 11.5. The van der Waals surface area contributed by atoms with Crippen LogP contribution in [0.25, 0.3) is 0 Å². The number of likely N-dealkylation sites (N-methyl/N-ethyl adjacent to an activating group) is 1. The molecule has 4 nitrogen and oxygen atoms in total. The molecule has 0 aromatic heterocycles. The molecule has 4 heteroatoms. The third kappa shape index (κ3) is 17.5. The highest BCUT2D eigenvalue weighted by molar-refractivity contribution is 5.75. The molecular weight excluding hydrogens is 300 g/mol. The first-order valence-electron chi connectivity index (χ1n) is 9.91. The molecule has 0 rings (SSSR count). The summed E-state index contributed by atoms with van der Waals surface area (Å²) in [5, 5.41) is 11.7. The van der Waals surface area contributed by atoms with Crippen LogP contribution in [0.2, 0.25) is 0 Å². The van der Waals surface area contributed by atoms with Crippen molar-refractivity contribution in [2.45, 2.75) is 77.6 Å². The Morgan fingerprint density at radius 3 is 2.25 bits per heavy atom. The summed E-state index contributed by atoms with van der Waals surface area (Å²) in [5.74, 6) is 0.160. The number of rotatable bonds is 17. The molecule has 0 atom stereocenters. The maximum Gasteiger partial charge on any atom is 0.220 e. The second-order valence-corrected chi connectivity index (χ2v) is 6.65. The molecule has 0 saturated carbocycles. The molecule has 2 N–H and O–H groups in total. The lowest BCUT2D eigenvalue weighted by molar-refractivity contribution is -0.121. The summed E-state index contributed by atoms with van der Waals surface area (Å²) >= 11 is 0. The fourth-order valence-corrected chi connectivity index (χ4v) is 2.58. The molecule has 0 aromatic rings. The van der Waals surface area contributed by atoms with Crippen LogP contribution in [0, 0.1) is 0 Å². The lowest BCUT2D eigenvalue weighted by atomic mass is 10.1.